The average Bonchev–Trinajstić information content (AvgIpc) is 2.45. The number of rotatable bonds is 4. The first kappa shape index (κ1) is 19.4. The molecule has 0 aliphatic heterocycles. The molecule has 116 valence electrons. The Bertz CT molecular complexity index is 566. The van der Waals surface area contributed by atoms with Crippen molar-refractivity contribution in [1.82, 2.24) is 0 Å². The fraction of sp³-hybridized carbons (Fsp3) is 0.273. The van der Waals surface area contributed by atoms with Crippen molar-refractivity contribution in [3.63, 3.8) is 0 Å². The quantitative estimate of drug-likeness (QED) is 0.187. The van der Waals surface area contributed by atoms with Gasteiger partial charge in [-0.1, -0.05) is 0 Å². The lowest BCUT2D eigenvalue weighted by molar-refractivity contribution is 0.0373. The Morgan fingerprint density at radius 1 is 1.19 bits per heavy atom. The number of hydrogen-bond acceptors (Lipinski definition) is 5. The van der Waals surface area contributed by atoms with Crippen molar-refractivity contribution in [3.8, 4) is 0 Å². The molecule has 1 aromatic rings. The molecular weight excluding hydrogens is 567 g/mol. The molecule has 10 heteroatoms. The van der Waals surface area contributed by atoms with E-state index in [1.54, 1.807) is 0 Å². The van der Waals surface area contributed by atoms with Crippen molar-refractivity contribution < 1.29 is 24.2 Å². The van der Waals surface area contributed by atoms with Crippen molar-refractivity contribution in [2.75, 3.05) is 13.2 Å². The maximum Gasteiger partial charge on any atom is 0.516 e. The van der Waals surface area contributed by atoms with Crippen LogP contribution in [0.2, 0.25) is 0 Å². The highest BCUT2D eigenvalue weighted by molar-refractivity contribution is 9.15. The first-order valence-corrected chi connectivity index (χ1v) is 8.85. The monoisotopic (exact) mass is 570 g/mol. The smallest absolute Gasteiger partial charge is 0.432 e. The maximum absolute atomic E-state index is 11.9. The Morgan fingerprint density at radius 3 is 2.38 bits per heavy atom. The zero-order valence-corrected chi connectivity index (χ0v) is 17.1. The summed E-state index contributed by atoms with van der Waals surface area (Å²) in [5, 5.41) is 7.92. The molecule has 21 heavy (non-hydrogen) atoms. The summed E-state index contributed by atoms with van der Waals surface area (Å²) in [7, 11) is 0. The summed E-state index contributed by atoms with van der Waals surface area (Å²) in [5.74, 6) is -0.893. The highest BCUT2D eigenvalue weighted by Gasteiger charge is 2.21. The van der Waals surface area contributed by atoms with E-state index in [2.05, 4.69) is 73.2 Å². The van der Waals surface area contributed by atoms with Gasteiger partial charge >= 0.3 is 12.1 Å². The average molecular weight is 574 g/mol. The Morgan fingerprint density at radius 2 is 1.81 bits per heavy atom. The fourth-order valence-electron chi connectivity index (χ4n) is 1.09. The van der Waals surface area contributed by atoms with Crippen LogP contribution >= 0.6 is 75.3 Å². The number of aliphatic hydroxyl groups excluding tert-OH is 1. The second-order valence-electron chi connectivity index (χ2n) is 3.58. The first-order chi connectivity index (χ1) is 9.77. The Balaban J connectivity index is 2.79. The van der Waals surface area contributed by atoms with E-state index in [0.29, 0.717) is 17.9 Å². The van der Waals surface area contributed by atoms with Crippen LogP contribution in [0.1, 0.15) is 10.4 Å². The number of esters is 1. The van der Waals surface area contributed by atoms with E-state index >= 15 is 0 Å². The van der Waals surface area contributed by atoms with Crippen molar-refractivity contribution in [1.29, 1.82) is 0 Å². The summed E-state index contributed by atoms with van der Waals surface area (Å²) in [6.45, 7) is -0.625. The van der Waals surface area contributed by atoms with E-state index in [1.165, 1.54) is 6.07 Å². The van der Waals surface area contributed by atoms with Crippen LogP contribution in [0, 0.1) is 0 Å². The van der Waals surface area contributed by atoms with Crippen LogP contribution in [0.25, 0.3) is 0 Å². The third kappa shape index (κ3) is 5.47. The van der Waals surface area contributed by atoms with E-state index in [4.69, 9.17) is 16.7 Å². The lowest BCUT2D eigenvalue weighted by atomic mass is 10.2. The van der Waals surface area contributed by atoms with Crippen LogP contribution in [0.4, 0.5) is 4.79 Å². The molecular formula is C11H7Br4ClO5. The lowest BCUT2D eigenvalue weighted by Gasteiger charge is -2.10. The first-order valence-electron chi connectivity index (χ1n) is 5.24. The number of carbonyl (C=O) groups is 2. The second kappa shape index (κ2) is 8.83. The van der Waals surface area contributed by atoms with Gasteiger partial charge < -0.3 is 14.6 Å². The molecule has 1 unspecified atom stereocenters. The molecule has 0 saturated carbocycles. The Hall–Kier alpha value is 0.330. The van der Waals surface area contributed by atoms with Crippen LogP contribution in [0.5, 0.6) is 0 Å². The zero-order valence-electron chi connectivity index (χ0n) is 10.0. The van der Waals surface area contributed by atoms with E-state index in [9.17, 15) is 9.59 Å². The summed E-state index contributed by atoms with van der Waals surface area (Å²) in [4.78, 5) is 23.3. The van der Waals surface area contributed by atoms with Gasteiger partial charge in [0.25, 0.3) is 0 Å². The molecule has 0 amide bonds. The van der Waals surface area contributed by atoms with E-state index in [1.807, 2.05) is 0 Å². The molecule has 0 radical (unpaired) electrons. The molecule has 0 aromatic heterocycles. The summed E-state index contributed by atoms with van der Waals surface area (Å²) in [6.07, 6.45) is -1.19. The number of carbonyl (C=O) groups excluding carboxylic acids is 2. The van der Waals surface area contributed by atoms with Crippen LogP contribution in [0.15, 0.2) is 24.0 Å². The van der Waals surface area contributed by atoms with Gasteiger partial charge in [0.1, 0.15) is 6.61 Å². The molecule has 0 bridgehead atoms. The number of hydrogen-bond donors (Lipinski definition) is 1. The topological polar surface area (TPSA) is 72.8 Å². The number of halogens is 5. The molecule has 1 N–H and O–H groups in total. The molecule has 0 aliphatic rings. The van der Waals surface area contributed by atoms with Gasteiger partial charge in [0.05, 0.1) is 17.5 Å². The van der Waals surface area contributed by atoms with Crippen LogP contribution < -0.4 is 0 Å². The summed E-state index contributed by atoms with van der Waals surface area (Å²) in [6, 6.07) is 1.48. The lowest BCUT2D eigenvalue weighted by Crippen LogP contribution is -2.20. The van der Waals surface area contributed by atoms with Gasteiger partial charge in [0, 0.05) is 17.9 Å². The highest BCUT2D eigenvalue weighted by Crippen LogP contribution is 2.39. The number of alkyl halides is 1. The molecule has 0 fully saturated rings. The molecule has 0 saturated heterocycles. The minimum absolute atomic E-state index is 0.124. The third-order valence-corrected chi connectivity index (χ3v) is 7.00. The molecule has 0 heterocycles. The summed E-state index contributed by atoms with van der Waals surface area (Å²) >= 11 is 18.6. The maximum atomic E-state index is 11.9. The normalized spacial score (nSPS) is 11.9. The molecule has 0 aliphatic carbocycles. The van der Waals surface area contributed by atoms with Gasteiger partial charge in [-0.15, -0.1) is 11.6 Å². The SMILES string of the molecule is O=C(OCC(Cl)CO)OC(=O)c1cc(Br)c(Br)c(Br)c1Br. The summed E-state index contributed by atoms with van der Waals surface area (Å²) < 4.78 is 11.4. The van der Waals surface area contributed by atoms with Crippen LogP contribution in [0.3, 0.4) is 0 Å². The van der Waals surface area contributed by atoms with Gasteiger partial charge in [-0.25, -0.2) is 9.59 Å². The number of ether oxygens (including phenoxy) is 2. The van der Waals surface area contributed by atoms with Crippen molar-refractivity contribution in [3.05, 3.63) is 29.5 Å². The van der Waals surface area contributed by atoms with E-state index < -0.39 is 17.5 Å². The predicted octanol–water partition coefficient (Wildman–Crippen LogP) is 4.63. The van der Waals surface area contributed by atoms with Crippen molar-refractivity contribution >= 4 is 87.4 Å². The van der Waals surface area contributed by atoms with Crippen molar-refractivity contribution in [2.24, 2.45) is 0 Å². The van der Waals surface area contributed by atoms with Gasteiger partial charge in [0.2, 0.25) is 0 Å². The highest BCUT2D eigenvalue weighted by atomic mass is 79.9. The van der Waals surface area contributed by atoms with E-state index in [0.717, 1.165) is 0 Å². The minimum Gasteiger partial charge on any atom is -0.432 e. The van der Waals surface area contributed by atoms with E-state index in [-0.39, 0.29) is 18.8 Å². The zero-order chi connectivity index (χ0) is 16.2. The van der Waals surface area contributed by atoms with Gasteiger partial charge in [0.15, 0.2) is 0 Å². The molecule has 1 rings (SSSR count). The van der Waals surface area contributed by atoms with Crippen LogP contribution in [-0.4, -0.2) is 35.8 Å². The van der Waals surface area contributed by atoms with Crippen LogP contribution in [-0.2, 0) is 9.47 Å². The molecule has 1 aromatic carbocycles. The predicted molar refractivity (Wildman–Crippen MR) is 90.7 cm³/mol. The summed E-state index contributed by atoms with van der Waals surface area (Å²) in [5.41, 5.74) is 0.124. The fourth-order valence-corrected chi connectivity index (χ4v) is 3.33. The number of aliphatic hydroxyl groups is 1. The van der Waals surface area contributed by atoms with Gasteiger partial charge in [-0.05, 0) is 69.8 Å². The second-order valence-corrected chi connectivity index (χ2v) is 7.43. The van der Waals surface area contributed by atoms with Gasteiger partial charge in [-0.2, -0.15) is 0 Å². The molecule has 5 nitrogen and oxygen atoms in total. The largest absolute Gasteiger partial charge is 0.516 e. The standard InChI is InChI=1S/C11H7Br4ClO5/c12-6-1-5(7(13)9(15)8(6)14)10(18)21-11(19)20-3-4(16)2-17/h1,4,17H,2-3H2. The number of benzene rings is 1. The third-order valence-electron chi connectivity index (χ3n) is 2.08. The molecule has 1 atom stereocenters. The Labute approximate surface area is 158 Å². The minimum atomic E-state index is -1.19. The molecule has 0 spiro atoms. The van der Waals surface area contributed by atoms with Crippen molar-refractivity contribution in [2.45, 2.75) is 5.38 Å². The Kier molecular flexibility index (Phi) is 8.15. The van der Waals surface area contributed by atoms with Gasteiger partial charge in [-0.3, -0.25) is 0 Å².